The molecular weight excluding hydrogens is 326 g/mol. The summed E-state index contributed by atoms with van der Waals surface area (Å²) in [7, 11) is 0. The summed E-state index contributed by atoms with van der Waals surface area (Å²) in [5, 5.41) is 7.54. The molecule has 2 rings (SSSR count). The van der Waals surface area contributed by atoms with Gasteiger partial charge in [-0.15, -0.1) is 11.3 Å². The molecule has 1 aromatic heterocycles. The van der Waals surface area contributed by atoms with Crippen LogP contribution in [-0.4, -0.2) is 23.6 Å². The van der Waals surface area contributed by atoms with Crippen LogP contribution in [-0.2, 0) is 16.0 Å². The van der Waals surface area contributed by atoms with Crippen LogP contribution in [0.15, 0.2) is 29.6 Å². The molecule has 0 atom stereocenters. The average molecular weight is 347 g/mol. The van der Waals surface area contributed by atoms with Crippen molar-refractivity contribution >= 4 is 34.2 Å². The zero-order chi connectivity index (χ0) is 17.5. The minimum atomic E-state index is -0.534. The number of rotatable bonds is 6. The maximum atomic E-state index is 12.0. The van der Waals surface area contributed by atoms with Crippen molar-refractivity contribution in [1.82, 2.24) is 4.98 Å². The van der Waals surface area contributed by atoms with Crippen LogP contribution in [0.5, 0.6) is 0 Å². The summed E-state index contributed by atoms with van der Waals surface area (Å²) in [6.45, 7) is 6.26. The fourth-order valence-corrected chi connectivity index (χ4v) is 2.51. The number of carbonyl (C=O) groups is 2. The van der Waals surface area contributed by atoms with E-state index in [1.165, 1.54) is 11.3 Å². The predicted octanol–water partition coefficient (Wildman–Crippen LogP) is 3.84. The van der Waals surface area contributed by atoms with Crippen LogP contribution in [0.3, 0.4) is 0 Å². The quantitative estimate of drug-likeness (QED) is 0.832. The largest absolute Gasteiger partial charge is 0.449 e. The van der Waals surface area contributed by atoms with Gasteiger partial charge >= 0.3 is 6.09 Å². The normalized spacial score (nSPS) is 10.5. The Labute approximate surface area is 145 Å². The Bertz CT molecular complexity index is 695. The fraction of sp³-hybridized carbons (Fsp3) is 0.353. The summed E-state index contributed by atoms with van der Waals surface area (Å²) >= 11 is 1.26. The highest BCUT2D eigenvalue weighted by Gasteiger charge is 2.11. The third kappa shape index (κ3) is 6.00. The van der Waals surface area contributed by atoms with Crippen molar-refractivity contribution in [3.63, 3.8) is 0 Å². The van der Waals surface area contributed by atoms with Crippen LogP contribution < -0.4 is 10.6 Å². The van der Waals surface area contributed by atoms with E-state index in [1.807, 2.05) is 45.0 Å². The number of aromatic nitrogens is 1. The number of hydrogen-bond acceptors (Lipinski definition) is 5. The number of anilines is 2. The van der Waals surface area contributed by atoms with Gasteiger partial charge < -0.3 is 10.1 Å². The molecule has 0 unspecified atom stereocenters. The Morgan fingerprint density at radius 1 is 1.21 bits per heavy atom. The van der Waals surface area contributed by atoms with Crippen LogP contribution in [0.4, 0.5) is 15.6 Å². The summed E-state index contributed by atoms with van der Waals surface area (Å²) < 4.78 is 5.02. The zero-order valence-corrected chi connectivity index (χ0v) is 14.8. The van der Waals surface area contributed by atoms with Gasteiger partial charge in [-0.3, -0.25) is 10.1 Å². The number of hydrogen-bond donors (Lipinski definition) is 2. The number of benzene rings is 1. The predicted molar refractivity (Wildman–Crippen MR) is 95.4 cm³/mol. The van der Waals surface area contributed by atoms with E-state index in [0.717, 1.165) is 11.3 Å². The summed E-state index contributed by atoms with van der Waals surface area (Å²) in [4.78, 5) is 27.8. The minimum absolute atomic E-state index is 0.146. The third-order valence-corrected chi connectivity index (χ3v) is 3.79. The molecule has 2 aromatic rings. The first-order valence-corrected chi connectivity index (χ1v) is 8.55. The molecule has 0 aliphatic heterocycles. The lowest BCUT2D eigenvalue weighted by Crippen LogP contribution is -2.17. The number of nitrogens with zero attached hydrogens (tertiary/aromatic N) is 1. The number of carbonyl (C=O) groups excluding carboxylic acids is 2. The van der Waals surface area contributed by atoms with Crippen LogP contribution in [0, 0.1) is 12.8 Å². The molecule has 0 aliphatic rings. The molecule has 2 N–H and O–H groups in total. The first-order valence-electron chi connectivity index (χ1n) is 7.67. The molecule has 0 radical (unpaired) electrons. The Balaban J connectivity index is 1.83. The van der Waals surface area contributed by atoms with E-state index in [-0.39, 0.29) is 18.2 Å². The summed E-state index contributed by atoms with van der Waals surface area (Å²) in [6.07, 6.45) is -0.388. The van der Waals surface area contributed by atoms with Gasteiger partial charge in [0.1, 0.15) is 0 Å². The topological polar surface area (TPSA) is 80.3 Å². The van der Waals surface area contributed by atoms with Crippen molar-refractivity contribution < 1.29 is 14.3 Å². The van der Waals surface area contributed by atoms with Gasteiger partial charge in [0.05, 0.1) is 18.7 Å². The number of ether oxygens (including phenoxy) is 1. The Hall–Kier alpha value is -2.41. The van der Waals surface area contributed by atoms with Crippen molar-refractivity contribution in [3.05, 3.63) is 40.9 Å². The third-order valence-electron chi connectivity index (χ3n) is 2.99. The zero-order valence-electron chi connectivity index (χ0n) is 14.0. The highest BCUT2D eigenvalue weighted by molar-refractivity contribution is 7.13. The number of amides is 2. The molecule has 0 saturated heterocycles. The molecule has 6 nitrogen and oxygen atoms in total. The monoisotopic (exact) mass is 347 g/mol. The molecule has 0 saturated carbocycles. The van der Waals surface area contributed by atoms with Gasteiger partial charge in [-0.2, -0.15) is 0 Å². The van der Waals surface area contributed by atoms with E-state index in [9.17, 15) is 9.59 Å². The van der Waals surface area contributed by atoms with E-state index in [1.54, 1.807) is 5.38 Å². The van der Waals surface area contributed by atoms with E-state index in [2.05, 4.69) is 15.6 Å². The van der Waals surface area contributed by atoms with Crippen LogP contribution in [0.2, 0.25) is 0 Å². The summed E-state index contributed by atoms with van der Waals surface area (Å²) in [5.41, 5.74) is 2.48. The van der Waals surface area contributed by atoms with Gasteiger partial charge in [0, 0.05) is 11.1 Å². The van der Waals surface area contributed by atoms with Crippen LogP contribution in [0.1, 0.15) is 25.1 Å². The Morgan fingerprint density at radius 3 is 2.58 bits per heavy atom. The molecule has 0 bridgehead atoms. The second-order valence-corrected chi connectivity index (χ2v) is 6.71. The molecular formula is C17H21N3O3S. The number of aryl methyl sites for hydroxylation is 1. The van der Waals surface area contributed by atoms with E-state index in [0.29, 0.717) is 17.4 Å². The van der Waals surface area contributed by atoms with Crippen molar-refractivity contribution in [2.24, 2.45) is 5.92 Å². The standard InChI is InChI=1S/C17H21N3O3S/c1-11(2)9-23-17(22)20-16-19-14(10-24-16)8-15(21)18-13-6-4-12(3)5-7-13/h4-7,10-11H,8-9H2,1-3H3,(H,18,21)(H,19,20,22). The average Bonchev–Trinajstić information content (AvgIpc) is 2.94. The molecule has 0 spiro atoms. The van der Waals surface area contributed by atoms with Gasteiger partial charge in [-0.25, -0.2) is 9.78 Å². The maximum absolute atomic E-state index is 12.0. The van der Waals surface area contributed by atoms with Gasteiger partial charge in [0.25, 0.3) is 0 Å². The molecule has 2 amide bonds. The lowest BCUT2D eigenvalue weighted by Gasteiger charge is -2.06. The SMILES string of the molecule is Cc1ccc(NC(=O)Cc2csc(NC(=O)OCC(C)C)n2)cc1. The molecule has 0 fully saturated rings. The Kier molecular flexibility index (Phi) is 6.31. The summed E-state index contributed by atoms with van der Waals surface area (Å²) in [6, 6.07) is 7.57. The van der Waals surface area contributed by atoms with Crippen molar-refractivity contribution in [3.8, 4) is 0 Å². The van der Waals surface area contributed by atoms with E-state index < -0.39 is 6.09 Å². The minimum Gasteiger partial charge on any atom is -0.449 e. The van der Waals surface area contributed by atoms with Crippen LogP contribution in [0.25, 0.3) is 0 Å². The molecule has 128 valence electrons. The Morgan fingerprint density at radius 2 is 1.92 bits per heavy atom. The highest BCUT2D eigenvalue weighted by Crippen LogP contribution is 2.17. The molecule has 7 heteroatoms. The highest BCUT2D eigenvalue weighted by atomic mass is 32.1. The van der Waals surface area contributed by atoms with Crippen molar-refractivity contribution in [2.75, 3.05) is 17.2 Å². The fourth-order valence-electron chi connectivity index (χ4n) is 1.82. The lowest BCUT2D eigenvalue weighted by atomic mass is 10.2. The van der Waals surface area contributed by atoms with Gasteiger partial charge in [0.15, 0.2) is 5.13 Å². The van der Waals surface area contributed by atoms with Gasteiger partial charge in [-0.05, 0) is 25.0 Å². The van der Waals surface area contributed by atoms with E-state index in [4.69, 9.17) is 4.74 Å². The van der Waals surface area contributed by atoms with E-state index >= 15 is 0 Å². The molecule has 1 heterocycles. The van der Waals surface area contributed by atoms with Crippen molar-refractivity contribution in [1.29, 1.82) is 0 Å². The first kappa shape index (κ1) is 17.9. The van der Waals surface area contributed by atoms with Gasteiger partial charge in [-0.1, -0.05) is 31.5 Å². The van der Waals surface area contributed by atoms with Crippen molar-refractivity contribution in [2.45, 2.75) is 27.2 Å². The molecule has 0 aliphatic carbocycles. The van der Waals surface area contributed by atoms with Crippen LogP contribution >= 0.6 is 11.3 Å². The number of thiazole rings is 1. The first-order chi connectivity index (χ1) is 11.4. The maximum Gasteiger partial charge on any atom is 0.413 e. The summed E-state index contributed by atoms with van der Waals surface area (Å²) in [5.74, 6) is 0.117. The molecule has 1 aromatic carbocycles. The second-order valence-electron chi connectivity index (χ2n) is 5.85. The smallest absolute Gasteiger partial charge is 0.413 e. The second kappa shape index (κ2) is 8.44. The van der Waals surface area contributed by atoms with Gasteiger partial charge in [0.2, 0.25) is 5.91 Å². The lowest BCUT2D eigenvalue weighted by molar-refractivity contribution is -0.115. The number of nitrogens with one attached hydrogen (secondary N) is 2. The molecule has 24 heavy (non-hydrogen) atoms.